The Bertz CT molecular complexity index is 1810. The van der Waals surface area contributed by atoms with Gasteiger partial charge >= 0.3 is 0 Å². The van der Waals surface area contributed by atoms with E-state index in [1.165, 1.54) is 11.1 Å². The number of aryl methyl sites for hydroxylation is 1. The summed E-state index contributed by atoms with van der Waals surface area (Å²) in [5.74, 6) is 0.764. The second-order valence-electron chi connectivity index (χ2n) is 13.2. The smallest absolute Gasteiger partial charge is 0.229 e. The summed E-state index contributed by atoms with van der Waals surface area (Å²) in [6.45, 7) is 13.2. The molecule has 0 amide bonds. The summed E-state index contributed by atoms with van der Waals surface area (Å²) >= 11 is 0. The van der Waals surface area contributed by atoms with Gasteiger partial charge in [-0.05, 0) is 58.6 Å². The first kappa shape index (κ1) is 30.6. The number of rotatable bonds is 8. The molecule has 1 aromatic heterocycles. The van der Waals surface area contributed by atoms with Crippen LogP contribution in [0.3, 0.4) is 0 Å². The molecule has 4 nitrogen and oxygen atoms in total. The SMILES string of the molecule is Cc1c(C(C)(C)C)ccc2c(O[SiH](C)C)c(C(O)c3cn(C(c4ccccc4)(c4ccccc4)c4ccccc4)cn3)ccc12. The molecule has 0 bridgehead atoms. The number of benzene rings is 5. The summed E-state index contributed by atoms with van der Waals surface area (Å²) in [5, 5.41) is 14.2. The summed E-state index contributed by atoms with van der Waals surface area (Å²) in [7, 11) is -1.51. The van der Waals surface area contributed by atoms with E-state index >= 15 is 0 Å². The summed E-state index contributed by atoms with van der Waals surface area (Å²) in [5.41, 5.74) is 6.50. The molecule has 1 unspecified atom stereocenters. The fraction of sp³-hybridized carbons (Fsp3) is 0.225. The van der Waals surface area contributed by atoms with Gasteiger partial charge in [-0.2, -0.15) is 0 Å². The number of imidazole rings is 1. The van der Waals surface area contributed by atoms with Crippen LogP contribution in [0.25, 0.3) is 10.8 Å². The predicted octanol–water partition coefficient (Wildman–Crippen LogP) is 8.93. The third kappa shape index (κ3) is 5.51. The Hall–Kier alpha value is -4.45. The van der Waals surface area contributed by atoms with E-state index in [0.717, 1.165) is 38.8 Å². The first-order chi connectivity index (χ1) is 21.6. The van der Waals surface area contributed by atoms with Crippen LogP contribution in [0.5, 0.6) is 5.75 Å². The Kier molecular flexibility index (Phi) is 8.25. The maximum atomic E-state index is 12.0. The fourth-order valence-electron chi connectivity index (χ4n) is 6.75. The van der Waals surface area contributed by atoms with Crippen molar-refractivity contribution >= 4 is 19.8 Å². The first-order valence-corrected chi connectivity index (χ1v) is 18.5. The van der Waals surface area contributed by atoms with Gasteiger partial charge in [0, 0.05) is 17.1 Å². The van der Waals surface area contributed by atoms with Gasteiger partial charge in [-0.25, -0.2) is 4.98 Å². The zero-order valence-corrected chi connectivity index (χ0v) is 28.2. The molecule has 5 aromatic carbocycles. The molecule has 0 fully saturated rings. The van der Waals surface area contributed by atoms with Crippen molar-refractivity contribution in [3.63, 3.8) is 0 Å². The van der Waals surface area contributed by atoms with Gasteiger partial charge in [0.15, 0.2) is 0 Å². The van der Waals surface area contributed by atoms with Crippen LogP contribution in [0.1, 0.15) is 65.9 Å². The van der Waals surface area contributed by atoms with E-state index in [-0.39, 0.29) is 5.41 Å². The van der Waals surface area contributed by atoms with Gasteiger partial charge in [-0.3, -0.25) is 0 Å². The van der Waals surface area contributed by atoms with Crippen molar-refractivity contribution in [3.8, 4) is 5.75 Å². The summed E-state index contributed by atoms with van der Waals surface area (Å²) < 4.78 is 8.75. The topological polar surface area (TPSA) is 47.3 Å². The lowest BCUT2D eigenvalue weighted by Crippen LogP contribution is -2.37. The van der Waals surface area contributed by atoms with Crippen LogP contribution in [0, 0.1) is 6.92 Å². The molecule has 0 saturated carbocycles. The lowest BCUT2D eigenvalue weighted by atomic mass is 9.77. The van der Waals surface area contributed by atoms with Gasteiger partial charge in [0.05, 0.1) is 12.0 Å². The average Bonchev–Trinajstić information content (AvgIpc) is 3.53. The summed E-state index contributed by atoms with van der Waals surface area (Å²) in [6, 6.07) is 40.1. The highest BCUT2D eigenvalue weighted by molar-refractivity contribution is 6.49. The molecule has 5 heteroatoms. The molecule has 228 valence electrons. The first-order valence-electron chi connectivity index (χ1n) is 15.7. The Morgan fingerprint density at radius 1 is 0.711 bits per heavy atom. The maximum Gasteiger partial charge on any atom is 0.229 e. The van der Waals surface area contributed by atoms with Gasteiger partial charge < -0.3 is 14.1 Å². The lowest BCUT2D eigenvalue weighted by molar-refractivity contribution is 0.213. The number of nitrogens with zero attached hydrogens (tertiary/aromatic N) is 2. The Balaban J connectivity index is 1.54. The molecular formula is C40H42N2O2Si. The Labute approximate surface area is 268 Å². The van der Waals surface area contributed by atoms with Gasteiger partial charge in [0.1, 0.15) is 17.4 Å². The van der Waals surface area contributed by atoms with E-state index in [1.807, 2.05) is 36.8 Å². The molecule has 0 aliphatic heterocycles. The van der Waals surface area contributed by atoms with Crippen molar-refractivity contribution in [3.05, 3.63) is 167 Å². The van der Waals surface area contributed by atoms with Gasteiger partial charge in [0.2, 0.25) is 9.04 Å². The van der Waals surface area contributed by atoms with Crippen molar-refractivity contribution in [1.82, 2.24) is 9.55 Å². The zero-order chi connectivity index (χ0) is 31.8. The van der Waals surface area contributed by atoms with Crippen molar-refractivity contribution in [1.29, 1.82) is 0 Å². The minimum absolute atomic E-state index is 0.0276. The minimum atomic E-state index is -1.51. The van der Waals surface area contributed by atoms with E-state index in [2.05, 4.69) is 136 Å². The van der Waals surface area contributed by atoms with Crippen LogP contribution in [0.15, 0.2) is 128 Å². The molecular weight excluding hydrogens is 569 g/mol. The van der Waals surface area contributed by atoms with Crippen molar-refractivity contribution in [2.24, 2.45) is 0 Å². The number of fused-ring (bicyclic) bond motifs is 1. The second kappa shape index (κ2) is 12.1. The van der Waals surface area contributed by atoms with Crippen LogP contribution in [0.2, 0.25) is 13.1 Å². The highest BCUT2D eigenvalue weighted by Crippen LogP contribution is 2.43. The second-order valence-corrected chi connectivity index (χ2v) is 15.5. The Morgan fingerprint density at radius 2 is 1.22 bits per heavy atom. The summed E-state index contributed by atoms with van der Waals surface area (Å²) in [4.78, 5) is 4.87. The van der Waals surface area contributed by atoms with Crippen molar-refractivity contribution in [2.45, 2.75) is 57.8 Å². The number of hydrogen-bond acceptors (Lipinski definition) is 3. The van der Waals surface area contributed by atoms with Gasteiger partial charge in [0.25, 0.3) is 0 Å². The van der Waals surface area contributed by atoms with Crippen LogP contribution >= 0.6 is 0 Å². The third-order valence-electron chi connectivity index (χ3n) is 8.75. The van der Waals surface area contributed by atoms with Crippen molar-refractivity contribution in [2.75, 3.05) is 0 Å². The molecule has 0 saturated heterocycles. The average molecular weight is 611 g/mol. The fourth-order valence-corrected chi connectivity index (χ4v) is 7.48. The molecule has 1 atom stereocenters. The van der Waals surface area contributed by atoms with Gasteiger partial charge in [-0.15, -0.1) is 0 Å². The number of aliphatic hydroxyl groups is 1. The van der Waals surface area contributed by atoms with Crippen molar-refractivity contribution < 1.29 is 9.53 Å². The van der Waals surface area contributed by atoms with Gasteiger partial charge in [-0.1, -0.05) is 136 Å². The molecule has 0 aliphatic rings. The standard InChI is InChI=1S/C40H42N2O2Si/c1-28-32-22-23-34(38(44-45(5)6)33(32)24-25-35(28)39(2,3)4)37(43)36-26-42(27-41-36)40(29-16-10-7-11-17-29,30-18-12-8-13-19-30)31-20-14-9-15-21-31/h7-27,37,43,45H,1-6H3. The third-order valence-corrected chi connectivity index (χ3v) is 9.46. The normalized spacial score (nSPS) is 12.9. The molecule has 6 rings (SSSR count). The van der Waals surface area contributed by atoms with Crippen LogP contribution in [-0.2, 0) is 11.0 Å². The van der Waals surface area contributed by atoms with E-state index in [4.69, 9.17) is 9.41 Å². The molecule has 0 spiro atoms. The van der Waals surface area contributed by atoms with Crippen LogP contribution in [0.4, 0.5) is 0 Å². The largest absolute Gasteiger partial charge is 0.546 e. The van der Waals surface area contributed by atoms with E-state index in [0.29, 0.717) is 5.69 Å². The molecule has 1 heterocycles. The minimum Gasteiger partial charge on any atom is -0.546 e. The molecule has 1 N–H and O–H groups in total. The monoisotopic (exact) mass is 610 g/mol. The number of aromatic nitrogens is 2. The summed E-state index contributed by atoms with van der Waals surface area (Å²) in [6.07, 6.45) is 2.87. The number of hydrogen-bond donors (Lipinski definition) is 1. The predicted molar refractivity (Wildman–Crippen MR) is 188 cm³/mol. The quantitative estimate of drug-likeness (QED) is 0.138. The highest BCUT2D eigenvalue weighted by atomic mass is 28.3. The zero-order valence-electron chi connectivity index (χ0n) is 27.0. The molecule has 0 aliphatic carbocycles. The Morgan fingerprint density at radius 3 is 1.71 bits per heavy atom. The van der Waals surface area contributed by atoms with E-state index in [9.17, 15) is 5.11 Å². The molecule has 45 heavy (non-hydrogen) atoms. The molecule has 6 aromatic rings. The maximum absolute atomic E-state index is 12.0. The van der Waals surface area contributed by atoms with E-state index < -0.39 is 20.7 Å². The van der Waals surface area contributed by atoms with Crippen LogP contribution < -0.4 is 4.43 Å². The highest BCUT2D eigenvalue weighted by Gasteiger charge is 2.39. The lowest BCUT2D eigenvalue weighted by Gasteiger charge is -2.37. The van der Waals surface area contributed by atoms with Crippen LogP contribution in [-0.4, -0.2) is 23.7 Å². The van der Waals surface area contributed by atoms with E-state index in [1.54, 1.807) is 0 Å². The number of aliphatic hydroxyl groups excluding tert-OH is 1. The molecule has 0 radical (unpaired) electrons.